The summed E-state index contributed by atoms with van der Waals surface area (Å²) < 4.78 is 13.0. The van der Waals surface area contributed by atoms with Gasteiger partial charge in [0.25, 0.3) is 5.91 Å². The molecule has 0 aliphatic carbocycles. The van der Waals surface area contributed by atoms with E-state index in [0.29, 0.717) is 17.8 Å². The molecule has 3 aromatic carbocycles. The van der Waals surface area contributed by atoms with Crippen molar-refractivity contribution >= 4 is 17.3 Å². The Morgan fingerprint density at radius 3 is 2.39 bits per heavy atom. The molecule has 0 unspecified atom stereocenters. The highest BCUT2D eigenvalue weighted by Gasteiger charge is 2.14. The van der Waals surface area contributed by atoms with E-state index >= 15 is 0 Å². The highest BCUT2D eigenvalue weighted by molar-refractivity contribution is 5.96. The van der Waals surface area contributed by atoms with Gasteiger partial charge >= 0.3 is 0 Å². The average Bonchev–Trinajstić information content (AvgIpc) is 2.72. The molecule has 5 heteroatoms. The maximum Gasteiger partial charge on any atom is 0.251 e. The van der Waals surface area contributed by atoms with Crippen LogP contribution in [-0.4, -0.2) is 5.91 Å². The summed E-state index contributed by atoms with van der Waals surface area (Å²) in [5, 5.41) is 6.27. The minimum absolute atomic E-state index is 0.0498. The number of nitrogens with two attached hydrogens (primary N) is 1. The Morgan fingerprint density at radius 1 is 1.04 bits per heavy atom. The number of hydrogen-bond acceptors (Lipinski definition) is 3. The second-order valence-electron chi connectivity index (χ2n) is 6.63. The van der Waals surface area contributed by atoms with Gasteiger partial charge in [-0.15, -0.1) is 0 Å². The summed E-state index contributed by atoms with van der Waals surface area (Å²) in [5.41, 5.74) is 9.87. The standard InChI is InChI=1S/C23H24FN3O/c1-2-21(17-6-4-3-5-7-17)27-23(28)18-10-13-22(20(25)14-18)26-15-16-8-11-19(24)12-9-16/h3-14,21,26H,2,15,25H2,1H3,(H,27,28)/t21-/m1/s1. The number of carbonyl (C=O) groups is 1. The van der Waals surface area contributed by atoms with Gasteiger partial charge in [-0.05, 0) is 47.9 Å². The van der Waals surface area contributed by atoms with Gasteiger partial charge in [-0.3, -0.25) is 4.79 Å². The lowest BCUT2D eigenvalue weighted by Crippen LogP contribution is -2.28. The van der Waals surface area contributed by atoms with Gasteiger partial charge in [-0.25, -0.2) is 4.39 Å². The van der Waals surface area contributed by atoms with Crippen molar-refractivity contribution in [3.05, 3.63) is 95.3 Å². The molecule has 3 aromatic rings. The maximum absolute atomic E-state index is 13.0. The van der Waals surface area contributed by atoms with Crippen LogP contribution in [0.4, 0.5) is 15.8 Å². The quantitative estimate of drug-likeness (QED) is 0.513. The molecule has 0 heterocycles. The fourth-order valence-corrected chi connectivity index (χ4v) is 3.01. The third-order valence-electron chi connectivity index (χ3n) is 4.63. The van der Waals surface area contributed by atoms with Crippen molar-refractivity contribution in [2.24, 2.45) is 0 Å². The van der Waals surface area contributed by atoms with Crippen LogP contribution < -0.4 is 16.4 Å². The smallest absolute Gasteiger partial charge is 0.251 e. The summed E-state index contributed by atoms with van der Waals surface area (Å²) in [5.74, 6) is -0.424. The van der Waals surface area contributed by atoms with Crippen LogP contribution in [0.15, 0.2) is 72.8 Å². The molecule has 0 radical (unpaired) electrons. The van der Waals surface area contributed by atoms with Crippen molar-refractivity contribution < 1.29 is 9.18 Å². The number of halogens is 1. The van der Waals surface area contributed by atoms with Crippen LogP contribution in [0.2, 0.25) is 0 Å². The first kappa shape index (κ1) is 19.4. The molecule has 0 aliphatic rings. The zero-order valence-electron chi connectivity index (χ0n) is 15.8. The fourth-order valence-electron chi connectivity index (χ4n) is 3.01. The Balaban J connectivity index is 1.65. The highest BCUT2D eigenvalue weighted by Crippen LogP contribution is 2.22. The molecule has 4 nitrogen and oxygen atoms in total. The van der Waals surface area contributed by atoms with Gasteiger partial charge in [0.15, 0.2) is 0 Å². The first-order valence-electron chi connectivity index (χ1n) is 9.30. The molecule has 0 bridgehead atoms. The van der Waals surface area contributed by atoms with Crippen LogP contribution in [0.1, 0.15) is 40.9 Å². The zero-order chi connectivity index (χ0) is 19.9. The lowest BCUT2D eigenvalue weighted by Gasteiger charge is -2.18. The van der Waals surface area contributed by atoms with Crippen molar-refractivity contribution in [1.82, 2.24) is 5.32 Å². The van der Waals surface area contributed by atoms with Crippen LogP contribution in [-0.2, 0) is 6.54 Å². The predicted octanol–water partition coefficient (Wildman–Crippen LogP) is 4.90. The van der Waals surface area contributed by atoms with Gasteiger partial charge in [-0.2, -0.15) is 0 Å². The molecular formula is C23H24FN3O. The number of amides is 1. The molecule has 3 rings (SSSR count). The lowest BCUT2D eigenvalue weighted by atomic mass is 10.0. The molecule has 1 amide bonds. The summed E-state index contributed by atoms with van der Waals surface area (Å²) >= 11 is 0. The minimum atomic E-state index is -0.264. The Kier molecular flexibility index (Phi) is 6.27. The molecule has 0 saturated heterocycles. The number of anilines is 2. The Morgan fingerprint density at radius 2 is 1.75 bits per heavy atom. The topological polar surface area (TPSA) is 67.2 Å². The van der Waals surface area contributed by atoms with Crippen molar-refractivity contribution in [1.29, 1.82) is 0 Å². The van der Waals surface area contributed by atoms with E-state index in [1.807, 2.05) is 37.3 Å². The average molecular weight is 377 g/mol. The second kappa shape index (κ2) is 9.04. The molecule has 0 saturated carbocycles. The molecule has 144 valence electrons. The third kappa shape index (κ3) is 4.88. The van der Waals surface area contributed by atoms with Crippen molar-refractivity contribution in [2.45, 2.75) is 25.9 Å². The van der Waals surface area contributed by atoms with Gasteiger partial charge in [0, 0.05) is 12.1 Å². The molecule has 0 fully saturated rings. The summed E-state index contributed by atoms with van der Waals surface area (Å²) in [4.78, 5) is 12.6. The number of nitrogens with one attached hydrogen (secondary N) is 2. The number of carbonyl (C=O) groups excluding carboxylic acids is 1. The Hall–Kier alpha value is -3.34. The normalized spacial score (nSPS) is 11.6. The van der Waals surface area contributed by atoms with E-state index in [1.54, 1.807) is 30.3 Å². The monoisotopic (exact) mass is 377 g/mol. The van der Waals surface area contributed by atoms with Crippen LogP contribution >= 0.6 is 0 Å². The number of nitrogen functional groups attached to an aromatic ring is 1. The SMILES string of the molecule is CC[C@@H](NC(=O)c1ccc(NCc2ccc(F)cc2)c(N)c1)c1ccccc1. The molecule has 0 spiro atoms. The molecule has 0 aromatic heterocycles. The number of rotatable bonds is 7. The summed E-state index contributed by atoms with van der Waals surface area (Å²) in [6.45, 7) is 2.55. The van der Waals surface area contributed by atoms with E-state index in [2.05, 4.69) is 10.6 Å². The van der Waals surface area contributed by atoms with Gasteiger partial charge < -0.3 is 16.4 Å². The molecule has 4 N–H and O–H groups in total. The second-order valence-corrected chi connectivity index (χ2v) is 6.63. The summed E-state index contributed by atoms with van der Waals surface area (Å²) in [6.07, 6.45) is 0.794. The van der Waals surface area contributed by atoms with Crippen LogP contribution in [0.5, 0.6) is 0 Å². The fraction of sp³-hybridized carbons (Fsp3) is 0.174. The zero-order valence-corrected chi connectivity index (χ0v) is 15.8. The van der Waals surface area contributed by atoms with E-state index in [0.717, 1.165) is 23.2 Å². The van der Waals surface area contributed by atoms with Gasteiger partial charge in [0.2, 0.25) is 0 Å². The largest absolute Gasteiger partial charge is 0.397 e. The highest BCUT2D eigenvalue weighted by atomic mass is 19.1. The Bertz CT molecular complexity index is 926. The van der Waals surface area contributed by atoms with Crippen LogP contribution in [0, 0.1) is 5.82 Å². The van der Waals surface area contributed by atoms with Crippen molar-refractivity contribution in [3.63, 3.8) is 0 Å². The lowest BCUT2D eigenvalue weighted by molar-refractivity contribution is 0.0935. The molecular weight excluding hydrogens is 353 g/mol. The van der Waals surface area contributed by atoms with Gasteiger partial charge in [-0.1, -0.05) is 49.4 Å². The van der Waals surface area contributed by atoms with E-state index in [1.165, 1.54) is 12.1 Å². The van der Waals surface area contributed by atoms with Crippen LogP contribution in [0.25, 0.3) is 0 Å². The maximum atomic E-state index is 13.0. The van der Waals surface area contributed by atoms with E-state index in [4.69, 9.17) is 5.73 Å². The first-order chi connectivity index (χ1) is 13.6. The van der Waals surface area contributed by atoms with Crippen molar-refractivity contribution in [3.8, 4) is 0 Å². The third-order valence-corrected chi connectivity index (χ3v) is 4.63. The van der Waals surface area contributed by atoms with Crippen LogP contribution in [0.3, 0.4) is 0 Å². The minimum Gasteiger partial charge on any atom is -0.397 e. The first-order valence-corrected chi connectivity index (χ1v) is 9.30. The number of benzene rings is 3. The predicted molar refractivity (Wildman–Crippen MR) is 112 cm³/mol. The van der Waals surface area contributed by atoms with Gasteiger partial charge in [0.1, 0.15) is 5.82 Å². The van der Waals surface area contributed by atoms with E-state index in [-0.39, 0.29) is 17.8 Å². The van der Waals surface area contributed by atoms with E-state index < -0.39 is 0 Å². The molecule has 0 aliphatic heterocycles. The summed E-state index contributed by atoms with van der Waals surface area (Å²) in [6, 6.07) is 21.3. The molecule has 28 heavy (non-hydrogen) atoms. The summed E-state index contributed by atoms with van der Waals surface area (Å²) in [7, 11) is 0. The van der Waals surface area contributed by atoms with Crippen molar-refractivity contribution in [2.75, 3.05) is 11.1 Å². The van der Waals surface area contributed by atoms with E-state index in [9.17, 15) is 9.18 Å². The van der Waals surface area contributed by atoms with Gasteiger partial charge in [0.05, 0.1) is 17.4 Å². The number of hydrogen-bond donors (Lipinski definition) is 3. The Labute approximate surface area is 164 Å². The molecule has 1 atom stereocenters.